The molecule has 0 atom stereocenters. The molecule has 110 valence electrons. The van der Waals surface area contributed by atoms with E-state index in [-0.39, 0.29) is 0 Å². The van der Waals surface area contributed by atoms with Crippen LogP contribution in [0.15, 0.2) is 24.5 Å². The maximum atomic E-state index is 4.94. The van der Waals surface area contributed by atoms with Gasteiger partial charge in [0.15, 0.2) is 0 Å². The number of hydrogen-bond acceptors (Lipinski definition) is 4. The van der Waals surface area contributed by atoms with Crippen molar-refractivity contribution in [3.8, 4) is 10.6 Å². The van der Waals surface area contributed by atoms with Crippen molar-refractivity contribution in [3.05, 3.63) is 35.1 Å². The molecule has 0 unspecified atom stereocenters. The van der Waals surface area contributed by atoms with Crippen LogP contribution in [0.1, 0.15) is 55.0 Å². The fourth-order valence-electron chi connectivity index (χ4n) is 3.15. The summed E-state index contributed by atoms with van der Waals surface area (Å²) < 4.78 is 0. The highest BCUT2D eigenvalue weighted by atomic mass is 32.1. The molecule has 4 rings (SSSR count). The number of rotatable bonds is 5. The van der Waals surface area contributed by atoms with E-state index in [9.17, 15) is 0 Å². The van der Waals surface area contributed by atoms with Gasteiger partial charge in [-0.2, -0.15) is 0 Å². The van der Waals surface area contributed by atoms with E-state index in [0.717, 1.165) is 23.5 Å². The second-order valence-corrected chi connectivity index (χ2v) is 7.28. The van der Waals surface area contributed by atoms with Crippen molar-refractivity contribution in [2.24, 2.45) is 0 Å². The zero-order valence-electron chi connectivity index (χ0n) is 12.2. The highest BCUT2D eigenvalue weighted by Crippen LogP contribution is 2.44. The fourth-order valence-corrected chi connectivity index (χ4v) is 4.25. The Morgan fingerprint density at radius 3 is 2.57 bits per heavy atom. The first-order valence-corrected chi connectivity index (χ1v) is 8.85. The molecule has 2 fully saturated rings. The topological polar surface area (TPSA) is 37.8 Å². The molecule has 0 radical (unpaired) electrons. The molecule has 2 saturated carbocycles. The van der Waals surface area contributed by atoms with Crippen LogP contribution in [-0.2, 0) is 6.54 Å². The number of aromatic nitrogens is 2. The number of thiazole rings is 1. The number of nitrogens with one attached hydrogen (secondary N) is 1. The first-order chi connectivity index (χ1) is 10.4. The van der Waals surface area contributed by atoms with Crippen LogP contribution < -0.4 is 5.32 Å². The predicted molar refractivity (Wildman–Crippen MR) is 86.4 cm³/mol. The van der Waals surface area contributed by atoms with Crippen LogP contribution in [0.25, 0.3) is 10.6 Å². The van der Waals surface area contributed by atoms with Gasteiger partial charge < -0.3 is 5.32 Å². The third kappa shape index (κ3) is 3.01. The lowest BCUT2D eigenvalue weighted by molar-refractivity contribution is 0.525. The summed E-state index contributed by atoms with van der Waals surface area (Å²) in [7, 11) is 0. The van der Waals surface area contributed by atoms with Crippen LogP contribution in [0.2, 0.25) is 0 Å². The molecular formula is C17H21N3S. The largest absolute Gasteiger partial charge is 0.309 e. The fraction of sp³-hybridized carbons (Fsp3) is 0.529. The van der Waals surface area contributed by atoms with Crippen LogP contribution in [0.4, 0.5) is 0 Å². The molecule has 2 aromatic rings. The summed E-state index contributed by atoms with van der Waals surface area (Å²) in [6, 6.07) is 4.84. The highest BCUT2D eigenvalue weighted by Gasteiger charge is 2.30. The molecule has 0 aromatic carbocycles. The molecule has 0 saturated heterocycles. The zero-order chi connectivity index (χ0) is 14.1. The molecule has 2 aliphatic carbocycles. The van der Waals surface area contributed by atoms with Gasteiger partial charge >= 0.3 is 0 Å². The molecule has 0 aliphatic heterocycles. The molecule has 3 nitrogen and oxygen atoms in total. The third-order valence-corrected chi connectivity index (χ3v) is 5.65. The first-order valence-electron chi connectivity index (χ1n) is 8.03. The lowest BCUT2D eigenvalue weighted by Crippen LogP contribution is -2.25. The van der Waals surface area contributed by atoms with Gasteiger partial charge in [0, 0.05) is 41.3 Å². The lowest BCUT2D eigenvalue weighted by Gasteiger charge is -2.11. The normalized spacial score (nSPS) is 19.2. The van der Waals surface area contributed by atoms with Crippen LogP contribution >= 0.6 is 11.3 Å². The van der Waals surface area contributed by atoms with E-state index in [4.69, 9.17) is 4.98 Å². The maximum Gasteiger partial charge on any atom is 0.124 e. The minimum atomic E-state index is 0.720. The van der Waals surface area contributed by atoms with Crippen molar-refractivity contribution in [1.29, 1.82) is 0 Å². The Hall–Kier alpha value is -1.26. The lowest BCUT2D eigenvalue weighted by atomic mass is 10.2. The highest BCUT2D eigenvalue weighted by molar-refractivity contribution is 7.15. The summed E-state index contributed by atoms with van der Waals surface area (Å²) in [6.45, 7) is 0.999. The first kappa shape index (κ1) is 13.4. The summed E-state index contributed by atoms with van der Waals surface area (Å²) >= 11 is 1.86. The second-order valence-electron chi connectivity index (χ2n) is 6.20. The van der Waals surface area contributed by atoms with E-state index in [0.29, 0.717) is 0 Å². The predicted octanol–water partition coefficient (Wildman–Crippen LogP) is 4.11. The Morgan fingerprint density at radius 2 is 1.86 bits per heavy atom. The summed E-state index contributed by atoms with van der Waals surface area (Å²) in [5, 5.41) is 4.90. The standard InChI is InChI=1S/C17H21N3S/c1-2-4-14(3-1)19-11-15-16(12-5-6-12)20-17(21-15)13-7-9-18-10-8-13/h7-10,12,14,19H,1-6,11H2. The van der Waals surface area contributed by atoms with Crippen molar-refractivity contribution in [1.82, 2.24) is 15.3 Å². The number of pyridine rings is 1. The van der Waals surface area contributed by atoms with E-state index in [1.165, 1.54) is 54.7 Å². The number of nitrogens with zero attached hydrogens (tertiary/aromatic N) is 2. The molecule has 2 aliphatic rings. The summed E-state index contributed by atoms with van der Waals surface area (Å²) in [5.74, 6) is 0.720. The Bertz CT molecular complexity index is 598. The average Bonchev–Trinajstić information content (AvgIpc) is 3.08. The SMILES string of the molecule is c1cc(-c2nc(C3CC3)c(CNC3CCCC3)s2)ccn1. The summed E-state index contributed by atoms with van der Waals surface area (Å²) in [6.07, 6.45) is 11.8. The van der Waals surface area contributed by atoms with Crippen molar-refractivity contribution < 1.29 is 0 Å². The minimum absolute atomic E-state index is 0.720. The molecule has 2 heterocycles. The second kappa shape index (κ2) is 5.85. The van der Waals surface area contributed by atoms with Crippen molar-refractivity contribution >= 4 is 11.3 Å². The van der Waals surface area contributed by atoms with E-state index < -0.39 is 0 Å². The van der Waals surface area contributed by atoms with Crippen molar-refractivity contribution in [2.45, 2.75) is 57.0 Å². The Labute approximate surface area is 129 Å². The summed E-state index contributed by atoms with van der Waals surface area (Å²) in [4.78, 5) is 10.5. The van der Waals surface area contributed by atoms with E-state index in [1.807, 2.05) is 23.7 Å². The van der Waals surface area contributed by atoms with E-state index >= 15 is 0 Å². The van der Waals surface area contributed by atoms with Gasteiger partial charge in [-0.1, -0.05) is 12.8 Å². The van der Waals surface area contributed by atoms with Gasteiger partial charge in [0.2, 0.25) is 0 Å². The Kier molecular flexibility index (Phi) is 3.74. The van der Waals surface area contributed by atoms with Gasteiger partial charge in [0.05, 0.1) is 5.69 Å². The van der Waals surface area contributed by atoms with Gasteiger partial charge in [-0.15, -0.1) is 11.3 Å². The zero-order valence-corrected chi connectivity index (χ0v) is 13.0. The van der Waals surface area contributed by atoms with Gasteiger partial charge in [0.1, 0.15) is 5.01 Å². The molecular weight excluding hydrogens is 278 g/mol. The maximum absolute atomic E-state index is 4.94. The molecule has 0 bridgehead atoms. The smallest absolute Gasteiger partial charge is 0.124 e. The third-order valence-electron chi connectivity index (χ3n) is 4.53. The van der Waals surface area contributed by atoms with E-state index in [2.05, 4.69) is 22.4 Å². The van der Waals surface area contributed by atoms with Gasteiger partial charge in [0.25, 0.3) is 0 Å². The molecule has 0 amide bonds. The van der Waals surface area contributed by atoms with E-state index in [1.54, 1.807) is 0 Å². The minimum Gasteiger partial charge on any atom is -0.309 e. The summed E-state index contributed by atoms with van der Waals surface area (Å²) in [5.41, 5.74) is 2.56. The number of hydrogen-bond donors (Lipinski definition) is 1. The molecule has 1 N–H and O–H groups in total. The van der Waals surface area contributed by atoms with Crippen LogP contribution in [0, 0.1) is 0 Å². The van der Waals surface area contributed by atoms with Gasteiger partial charge in [-0.25, -0.2) is 4.98 Å². The Morgan fingerprint density at radius 1 is 1.10 bits per heavy atom. The molecule has 4 heteroatoms. The molecule has 2 aromatic heterocycles. The van der Waals surface area contributed by atoms with Gasteiger partial charge in [-0.05, 0) is 37.8 Å². The molecule has 21 heavy (non-hydrogen) atoms. The monoisotopic (exact) mass is 299 g/mol. The van der Waals surface area contributed by atoms with Gasteiger partial charge in [-0.3, -0.25) is 4.98 Å². The molecule has 0 spiro atoms. The quantitative estimate of drug-likeness (QED) is 0.902. The van der Waals surface area contributed by atoms with Crippen LogP contribution in [0.3, 0.4) is 0 Å². The van der Waals surface area contributed by atoms with Crippen molar-refractivity contribution in [3.63, 3.8) is 0 Å². The van der Waals surface area contributed by atoms with Crippen molar-refractivity contribution in [2.75, 3.05) is 0 Å². The van der Waals surface area contributed by atoms with Crippen LogP contribution in [-0.4, -0.2) is 16.0 Å². The Balaban J connectivity index is 1.55. The van der Waals surface area contributed by atoms with Crippen LogP contribution in [0.5, 0.6) is 0 Å². The average molecular weight is 299 g/mol.